The molecule has 0 fully saturated rings. The SMILES string of the molecule is Cc1ccn(-c2cccc(NS(=O)(=O)c3cc(C(=O)O)cc(F)c3C)c2)n1. The summed E-state index contributed by atoms with van der Waals surface area (Å²) in [7, 11) is -4.20. The number of hydrogen-bond donors (Lipinski definition) is 2. The van der Waals surface area contributed by atoms with Gasteiger partial charge in [0.1, 0.15) is 5.82 Å². The Morgan fingerprint density at radius 2 is 1.93 bits per heavy atom. The lowest BCUT2D eigenvalue weighted by molar-refractivity contribution is 0.0696. The molecule has 0 bridgehead atoms. The monoisotopic (exact) mass is 389 g/mol. The highest BCUT2D eigenvalue weighted by Gasteiger charge is 2.22. The average molecular weight is 389 g/mol. The first-order valence-electron chi connectivity index (χ1n) is 7.86. The Hall–Kier alpha value is -3.20. The summed E-state index contributed by atoms with van der Waals surface area (Å²) in [4.78, 5) is 10.7. The minimum absolute atomic E-state index is 0.161. The summed E-state index contributed by atoms with van der Waals surface area (Å²) in [5, 5.41) is 13.3. The van der Waals surface area contributed by atoms with Crippen molar-refractivity contribution >= 4 is 21.7 Å². The van der Waals surface area contributed by atoms with Crippen LogP contribution in [0.15, 0.2) is 53.6 Å². The summed E-state index contributed by atoms with van der Waals surface area (Å²) >= 11 is 0. The van der Waals surface area contributed by atoms with E-state index in [4.69, 9.17) is 5.11 Å². The zero-order valence-electron chi connectivity index (χ0n) is 14.5. The maximum atomic E-state index is 14.0. The fraction of sp³-hybridized carbons (Fsp3) is 0.111. The zero-order chi connectivity index (χ0) is 19.8. The van der Waals surface area contributed by atoms with Crippen LogP contribution >= 0.6 is 0 Å². The highest BCUT2D eigenvalue weighted by Crippen LogP contribution is 2.24. The van der Waals surface area contributed by atoms with Gasteiger partial charge in [-0.15, -0.1) is 0 Å². The molecule has 3 aromatic rings. The first-order valence-corrected chi connectivity index (χ1v) is 9.34. The predicted molar refractivity (Wildman–Crippen MR) is 97.2 cm³/mol. The summed E-state index contributed by atoms with van der Waals surface area (Å²) in [6.45, 7) is 3.11. The number of nitrogens with one attached hydrogen (secondary N) is 1. The number of aryl methyl sites for hydroxylation is 1. The van der Waals surface area contributed by atoms with Gasteiger partial charge in [-0.05, 0) is 50.2 Å². The van der Waals surface area contributed by atoms with Gasteiger partial charge in [-0.25, -0.2) is 22.3 Å². The summed E-state index contributed by atoms with van der Waals surface area (Å²) < 4.78 is 43.3. The molecule has 0 radical (unpaired) electrons. The number of anilines is 1. The van der Waals surface area contributed by atoms with Crippen LogP contribution in [0.4, 0.5) is 10.1 Å². The van der Waals surface area contributed by atoms with Gasteiger partial charge >= 0.3 is 5.97 Å². The molecule has 1 aromatic heterocycles. The minimum Gasteiger partial charge on any atom is -0.478 e. The molecule has 2 aromatic carbocycles. The van der Waals surface area contributed by atoms with E-state index in [1.165, 1.54) is 13.0 Å². The van der Waals surface area contributed by atoms with Gasteiger partial charge in [0, 0.05) is 11.8 Å². The van der Waals surface area contributed by atoms with Crippen LogP contribution < -0.4 is 4.72 Å². The quantitative estimate of drug-likeness (QED) is 0.698. The third-order valence-electron chi connectivity index (χ3n) is 3.92. The number of rotatable bonds is 5. The summed E-state index contributed by atoms with van der Waals surface area (Å²) in [5.74, 6) is -2.32. The van der Waals surface area contributed by atoms with E-state index in [9.17, 15) is 17.6 Å². The van der Waals surface area contributed by atoms with Gasteiger partial charge in [-0.2, -0.15) is 5.10 Å². The second-order valence-corrected chi connectivity index (χ2v) is 7.59. The van der Waals surface area contributed by atoms with Crippen molar-refractivity contribution in [1.82, 2.24) is 9.78 Å². The normalized spacial score (nSPS) is 11.4. The average Bonchev–Trinajstić information content (AvgIpc) is 3.03. The Morgan fingerprint density at radius 1 is 1.19 bits per heavy atom. The highest BCUT2D eigenvalue weighted by molar-refractivity contribution is 7.92. The highest BCUT2D eigenvalue weighted by atomic mass is 32.2. The molecule has 0 spiro atoms. The van der Waals surface area contributed by atoms with Crippen LogP contribution in [-0.4, -0.2) is 29.3 Å². The number of halogens is 1. The van der Waals surface area contributed by atoms with Crippen LogP contribution in [0.2, 0.25) is 0 Å². The van der Waals surface area contributed by atoms with Crippen molar-refractivity contribution in [3.8, 4) is 5.69 Å². The second kappa shape index (κ2) is 6.84. The van der Waals surface area contributed by atoms with Gasteiger partial charge in [-0.3, -0.25) is 4.72 Å². The number of carboxylic acids is 1. The first-order chi connectivity index (χ1) is 12.7. The lowest BCUT2D eigenvalue weighted by Gasteiger charge is -2.13. The molecule has 0 unspecified atom stereocenters. The van der Waals surface area contributed by atoms with Crippen molar-refractivity contribution in [3.63, 3.8) is 0 Å². The molecule has 0 saturated heterocycles. The van der Waals surface area contributed by atoms with Crippen molar-refractivity contribution in [1.29, 1.82) is 0 Å². The lowest BCUT2D eigenvalue weighted by Crippen LogP contribution is -2.16. The van der Waals surface area contributed by atoms with E-state index < -0.39 is 32.3 Å². The van der Waals surface area contributed by atoms with Crippen molar-refractivity contribution < 1.29 is 22.7 Å². The standard InChI is InChI=1S/C18H16FN3O4S/c1-11-6-7-22(20-11)15-5-3-4-14(10-15)21-27(25,26)17-9-13(18(23)24)8-16(19)12(17)2/h3-10,21H,1-2H3,(H,23,24). The summed E-state index contributed by atoms with van der Waals surface area (Å²) in [6.07, 6.45) is 1.73. The molecule has 0 saturated carbocycles. The predicted octanol–water partition coefficient (Wildman–Crippen LogP) is 3.13. The van der Waals surface area contributed by atoms with Crippen LogP contribution in [-0.2, 0) is 10.0 Å². The fourth-order valence-electron chi connectivity index (χ4n) is 2.54. The van der Waals surface area contributed by atoms with E-state index in [0.29, 0.717) is 5.69 Å². The number of sulfonamides is 1. The van der Waals surface area contributed by atoms with Crippen LogP contribution in [0.5, 0.6) is 0 Å². The van der Waals surface area contributed by atoms with Gasteiger partial charge in [0.15, 0.2) is 0 Å². The van der Waals surface area contributed by atoms with Crippen LogP contribution in [0.1, 0.15) is 21.6 Å². The van der Waals surface area contributed by atoms with Gasteiger partial charge < -0.3 is 5.11 Å². The molecule has 0 aliphatic rings. The smallest absolute Gasteiger partial charge is 0.335 e. The number of aromatic nitrogens is 2. The van der Waals surface area contributed by atoms with E-state index in [2.05, 4.69) is 9.82 Å². The molecular weight excluding hydrogens is 373 g/mol. The Labute approximate surface area is 155 Å². The van der Waals surface area contributed by atoms with Gasteiger partial charge in [0.25, 0.3) is 10.0 Å². The number of carboxylic acid groups (broad SMARTS) is 1. The third kappa shape index (κ3) is 3.82. The molecule has 140 valence electrons. The van der Waals surface area contributed by atoms with Crippen molar-refractivity contribution in [2.24, 2.45) is 0 Å². The summed E-state index contributed by atoms with van der Waals surface area (Å²) in [5.41, 5.74) is 1.06. The second-order valence-electron chi connectivity index (χ2n) is 5.94. The molecule has 9 heteroatoms. The zero-order valence-corrected chi connectivity index (χ0v) is 15.3. The van der Waals surface area contributed by atoms with Crippen LogP contribution in [0, 0.1) is 19.7 Å². The van der Waals surface area contributed by atoms with Gasteiger partial charge in [-0.1, -0.05) is 6.07 Å². The third-order valence-corrected chi connectivity index (χ3v) is 5.43. The number of nitrogens with zero attached hydrogens (tertiary/aromatic N) is 2. The van der Waals surface area contributed by atoms with E-state index in [1.54, 1.807) is 35.1 Å². The van der Waals surface area contributed by atoms with Gasteiger partial charge in [0.05, 0.1) is 27.5 Å². The van der Waals surface area contributed by atoms with Gasteiger partial charge in [0.2, 0.25) is 0 Å². The van der Waals surface area contributed by atoms with Crippen molar-refractivity contribution in [2.45, 2.75) is 18.7 Å². The Kier molecular flexibility index (Phi) is 4.71. The number of carbonyl (C=O) groups is 1. The minimum atomic E-state index is -4.20. The Morgan fingerprint density at radius 3 is 2.56 bits per heavy atom. The van der Waals surface area contributed by atoms with Crippen LogP contribution in [0.25, 0.3) is 5.69 Å². The number of hydrogen-bond acceptors (Lipinski definition) is 4. The summed E-state index contributed by atoms with van der Waals surface area (Å²) in [6, 6.07) is 10.0. The maximum Gasteiger partial charge on any atom is 0.335 e. The molecule has 3 rings (SSSR count). The molecule has 2 N–H and O–H groups in total. The van der Waals surface area contributed by atoms with E-state index in [1.807, 2.05) is 6.92 Å². The Balaban J connectivity index is 1.99. The van der Waals surface area contributed by atoms with E-state index >= 15 is 0 Å². The molecule has 7 nitrogen and oxygen atoms in total. The molecule has 1 heterocycles. The largest absolute Gasteiger partial charge is 0.478 e. The number of benzene rings is 2. The maximum absolute atomic E-state index is 14.0. The first kappa shape index (κ1) is 18.6. The van der Waals surface area contributed by atoms with E-state index in [0.717, 1.165) is 17.8 Å². The molecule has 0 aliphatic heterocycles. The van der Waals surface area contributed by atoms with Crippen molar-refractivity contribution in [2.75, 3.05) is 4.72 Å². The molecule has 0 amide bonds. The molecule has 27 heavy (non-hydrogen) atoms. The topological polar surface area (TPSA) is 101 Å². The molecular formula is C18H16FN3O4S. The lowest BCUT2D eigenvalue weighted by atomic mass is 10.1. The molecule has 0 atom stereocenters. The fourth-order valence-corrected chi connectivity index (χ4v) is 3.87. The van der Waals surface area contributed by atoms with Crippen LogP contribution in [0.3, 0.4) is 0 Å². The molecule has 0 aliphatic carbocycles. The van der Waals surface area contributed by atoms with E-state index in [-0.39, 0.29) is 11.3 Å². The van der Waals surface area contributed by atoms with Crippen molar-refractivity contribution in [3.05, 3.63) is 71.3 Å². The number of aromatic carboxylic acids is 1. The Bertz CT molecular complexity index is 1140.